The summed E-state index contributed by atoms with van der Waals surface area (Å²) in [5.41, 5.74) is 0. The van der Waals surface area contributed by atoms with Crippen LogP contribution in [0.5, 0.6) is 0 Å². The predicted octanol–water partition coefficient (Wildman–Crippen LogP) is 2.42. The van der Waals surface area contributed by atoms with Crippen molar-refractivity contribution in [3.63, 3.8) is 0 Å². The monoisotopic (exact) mass is 363 g/mol. The van der Waals surface area contributed by atoms with Crippen LogP contribution in [0, 0.1) is 10.1 Å². The highest BCUT2D eigenvalue weighted by atomic mass is 32.2. The van der Waals surface area contributed by atoms with E-state index in [-0.39, 0.29) is 5.84 Å². The van der Waals surface area contributed by atoms with Gasteiger partial charge in [0.1, 0.15) is 11.6 Å². The minimum absolute atomic E-state index is 0.0361. The van der Waals surface area contributed by atoms with Crippen LogP contribution in [-0.2, 0) is 9.59 Å². The minimum Gasteiger partial charge on any atom is -0.451 e. The van der Waals surface area contributed by atoms with Gasteiger partial charge >= 0.3 is 17.9 Å². The molecule has 0 spiro atoms. The first-order chi connectivity index (χ1) is 12.0. The Labute approximate surface area is 147 Å². The van der Waals surface area contributed by atoms with Crippen molar-refractivity contribution in [3.05, 3.63) is 34.1 Å². The third-order valence-corrected chi connectivity index (χ3v) is 5.27. The van der Waals surface area contributed by atoms with Gasteiger partial charge in [-0.15, -0.1) is 0 Å². The molecule has 1 aliphatic carbocycles. The zero-order valence-electron chi connectivity index (χ0n) is 13.3. The molecule has 1 aromatic rings. The van der Waals surface area contributed by atoms with Gasteiger partial charge in [-0.1, -0.05) is 31.0 Å². The molecule has 0 bridgehead atoms. The van der Waals surface area contributed by atoms with Crippen molar-refractivity contribution < 1.29 is 18.9 Å². The maximum absolute atomic E-state index is 11.6. The molecule has 2 heterocycles. The third-order valence-electron chi connectivity index (χ3n) is 4.02. The number of nitrogens with one attached hydrogen (secondary N) is 1. The topological polar surface area (TPSA) is 115 Å². The summed E-state index contributed by atoms with van der Waals surface area (Å²) in [5, 5.41) is 14.3. The molecule has 1 fully saturated rings. The van der Waals surface area contributed by atoms with E-state index in [4.69, 9.17) is 4.42 Å². The summed E-state index contributed by atoms with van der Waals surface area (Å²) < 4.78 is 5.71. The van der Waals surface area contributed by atoms with Crippen molar-refractivity contribution in [2.45, 2.75) is 48.5 Å². The van der Waals surface area contributed by atoms with Crippen molar-refractivity contribution in [1.82, 2.24) is 5.32 Å². The van der Waals surface area contributed by atoms with Crippen molar-refractivity contribution in [2.75, 3.05) is 0 Å². The van der Waals surface area contributed by atoms with Gasteiger partial charge in [-0.3, -0.25) is 19.7 Å². The van der Waals surface area contributed by atoms with Crippen LogP contribution in [0.25, 0.3) is 6.08 Å². The van der Waals surface area contributed by atoms with Gasteiger partial charge in [0, 0.05) is 10.2 Å². The molecule has 0 radical (unpaired) electrons. The highest BCUT2D eigenvalue weighted by Gasteiger charge is 2.41. The largest absolute Gasteiger partial charge is 0.451 e. The Morgan fingerprint density at radius 2 is 2.00 bits per heavy atom. The Kier molecular flexibility index (Phi) is 5.32. The van der Waals surface area contributed by atoms with Gasteiger partial charge in [-0.05, 0) is 37.1 Å². The number of rotatable bonds is 5. The van der Waals surface area contributed by atoms with Crippen LogP contribution in [0.2, 0.25) is 0 Å². The number of thioether (sulfide) groups is 1. The predicted molar refractivity (Wildman–Crippen MR) is 91.8 cm³/mol. The summed E-state index contributed by atoms with van der Waals surface area (Å²) in [4.78, 5) is 36.3. The lowest BCUT2D eigenvalue weighted by atomic mass is 10.0. The molecule has 132 valence electrons. The second-order valence-electron chi connectivity index (χ2n) is 5.88. The summed E-state index contributed by atoms with van der Waals surface area (Å²) in [6, 6.07) is 1.70. The highest BCUT2D eigenvalue weighted by molar-refractivity contribution is 7.99. The summed E-state index contributed by atoms with van der Waals surface area (Å²) in [6.45, 7) is 0. The van der Waals surface area contributed by atoms with Gasteiger partial charge < -0.3 is 9.73 Å². The number of amidine groups is 1. The fourth-order valence-corrected chi connectivity index (χ4v) is 3.96. The quantitative estimate of drug-likeness (QED) is 0.488. The third kappa shape index (κ3) is 4.36. The number of amides is 2. The fraction of sp³-hybridized carbons (Fsp3) is 0.438. The van der Waals surface area contributed by atoms with Gasteiger partial charge in [-0.2, -0.15) is 4.99 Å². The molecule has 2 amide bonds. The lowest BCUT2D eigenvalue weighted by molar-refractivity contribution is -0.493. The summed E-state index contributed by atoms with van der Waals surface area (Å²) in [5.74, 6) is -1.55. The second kappa shape index (κ2) is 7.64. The number of aliphatic imine (C=N–C) groups is 1. The number of nitro groups is 1. The molecule has 1 atom stereocenters. The summed E-state index contributed by atoms with van der Waals surface area (Å²) >= 11 is 1.72. The van der Waals surface area contributed by atoms with Gasteiger partial charge in [0.05, 0.1) is 0 Å². The average molecular weight is 363 g/mol. The Balaban J connectivity index is 1.62. The molecule has 3 rings (SSSR count). The van der Waals surface area contributed by atoms with Crippen LogP contribution >= 0.6 is 11.8 Å². The Morgan fingerprint density at radius 1 is 1.24 bits per heavy atom. The van der Waals surface area contributed by atoms with Crippen molar-refractivity contribution in [3.8, 4) is 0 Å². The number of carbonyl (C=O) groups excluding carboxylic acids is 2. The van der Waals surface area contributed by atoms with E-state index in [1.807, 2.05) is 6.07 Å². The molecule has 9 heteroatoms. The van der Waals surface area contributed by atoms with Crippen LogP contribution in [0.15, 0.2) is 32.7 Å². The van der Waals surface area contributed by atoms with Crippen molar-refractivity contribution >= 4 is 35.5 Å². The van der Waals surface area contributed by atoms with Crippen LogP contribution in [0.4, 0.5) is 0 Å². The number of nitrogens with zero attached hydrogens (tertiary/aromatic N) is 2. The van der Waals surface area contributed by atoms with Gasteiger partial charge in [0.2, 0.25) is 0 Å². The molecule has 8 nitrogen and oxygen atoms in total. The first-order valence-corrected chi connectivity index (χ1v) is 8.92. The van der Waals surface area contributed by atoms with Gasteiger partial charge in [0.15, 0.2) is 5.09 Å². The summed E-state index contributed by atoms with van der Waals surface area (Å²) in [7, 11) is 0. The first-order valence-electron chi connectivity index (χ1n) is 8.04. The Hall–Kier alpha value is -2.42. The van der Waals surface area contributed by atoms with E-state index in [0.29, 0.717) is 11.0 Å². The number of hydrogen-bond donors (Lipinski definition) is 1. The lowest BCUT2D eigenvalue weighted by Gasteiger charge is -2.19. The van der Waals surface area contributed by atoms with E-state index < -0.39 is 22.8 Å². The van der Waals surface area contributed by atoms with Gasteiger partial charge in [-0.25, -0.2) is 0 Å². The molecule has 1 N–H and O–H groups in total. The zero-order chi connectivity index (χ0) is 17.8. The molecule has 1 aliphatic heterocycles. The van der Waals surface area contributed by atoms with E-state index in [2.05, 4.69) is 10.3 Å². The molecule has 2 aliphatic rings. The van der Waals surface area contributed by atoms with Crippen LogP contribution < -0.4 is 5.32 Å². The standard InChI is InChI=1S/C16H17N3O5S/c20-15-14(19(22)23)16(21)18-12(17-15)8-6-10-7-9-13(24-10)25-11-4-2-1-3-5-11/h6-9,11,14H,1-5H2,(H,17,18,20,21)/b8-6+. The molecule has 0 saturated heterocycles. The van der Waals surface area contributed by atoms with E-state index in [1.165, 1.54) is 38.2 Å². The van der Waals surface area contributed by atoms with Crippen LogP contribution in [-0.4, -0.2) is 33.9 Å². The van der Waals surface area contributed by atoms with Gasteiger partial charge in [0.25, 0.3) is 0 Å². The minimum atomic E-state index is -1.97. The molecule has 1 aromatic heterocycles. The zero-order valence-corrected chi connectivity index (χ0v) is 14.2. The Morgan fingerprint density at radius 3 is 2.68 bits per heavy atom. The SMILES string of the molecule is O=C1N=C(/C=C/c2ccc(SC3CCCCC3)o2)NC(=O)C1[N+](=O)[O-]. The van der Waals surface area contributed by atoms with Crippen LogP contribution in [0.1, 0.15) is 37.9 Å². The molecule has 25 heavy (non-hydrogen) atoms. The summed E-state index contributed by atoms with van der Waals surface area (Å²) in [6.07, 6.45) is 9.14. The first kappa shape index (κ1) is 17.4. The second-order valence-corrected chi connectivity index (χ2v) is 7.19. The number of hydrogen-bond acceptors (Lipinski definition) is 6. The molecular weight excluding hydrogens is 346 g/mol. The van der Waals surface area contributed by atoms with Crippen LogP contribution in [0.3, 0.4) is 0 Å². The van der Waals surface area contributed by atoms with E-state index in [9.17, 15) is 19.7 Å². The maximum atomic E-state index is 11.6. The lowest BCUT2D eigenvalue weighted by Crippen LogP contribution is -2.50. The van der Waals surface area contributed by atoms with E-state index in [1.54, 1.807) is 23.9 Å². The average Bonchev–Trinajstić information content (AvgIpc) is 3.00. The maximum Gasteiger partial charge on any atom is 0.368 e. The molecular formula is C16H17N3O5S. The Bertz CT molecular complexity index is 749. The van der Waals surface area contributed by atoms with E-state index in [0.717, 1.165) is 5.09 Å². The number of carbonyl (C=O) groups is 2. The molecule has 0 aromatic carbocycles. The van der Waals surface area contributed by atoms with Crippen molar-refractivity contribution in [1.29, 1.82) is 0 Å². The normalized spacial score (nSPS) is 22.1. The van der Waals surface area contributed by atoms with E-state index >= 15 is 0 Å². The number of furan rings is 1. The molecule has 1 unspecified atom stereocenters. The van der Waals surface area contributed by atoms with Crippen molar-refractivity contribution in [2.24, 2.45) is 4.99 Å². The fourth-order valence-electron chi connectivity index (χ4n) is 2.77. The smallest absolute Gasteiger partial charge is 0.368 e. The highest BCUT2D eigenvalue weighted by Crippen LogP contribution is 2.34. The molecule has 1 saturated carbocycles.